The maximum atomic E-state index is 10.7. The van der Waals surface area contributed by atoms with E-state index in [1.807, 2.05) is 6.92 Å². The van der Waals surface area contributed by atoms with Gasteiger partial charge in [0.25, 0.3) is 0 Å². The molecule has 4 rings (SSSR count). The van der Waals surface area contributed by atoms with E-state index in [9.17, 15) is 10.2 Å². The van der Waals surface area contributed by atoms with E-state index >= 15 is 0 Å². The van der Waals surface area contributed by atoms with Crippen molar-refractivity contribution in [1.82, 2.24) is 0 Å². The molecule has 3 fully saturated rings. The van der Waals surface area contributed by atoms with E-state index in [2.05, 4.69) is 46.8 Å². The number of hydrogen-bond acceptors (Lipinski definition) is 2. The first-order valence-corrected chi connectivity index (χ1v) is 13.2. The van der Waals surface area contributed by atoms with E-state index in [0.717, 1.165) is 48.0 Å². The number of fused-ring (bicyclic) bond motifs is 5. The molecule has 3 saturated carbocycles. The Morgan fingerprint density at radius 3 is 2.55 bits per heavy atom. The molecule has 0 aromatic rings. The monoisotopic (exact) mass is 428 g/mol. The summed E-state index contributed by atoms with van der Waals surface area (Å²) >= 11 is 0. The zero-order valence-corrected chi connectivity index (χ0v) is 21.1. The lowest BCUT2D eigenvalue weighted by Gasteiger charge is -2.61. The van der Waals surface area contributed by atoms with Gasteiger partial charge in [0.15, 0.2) is 0 Å². The predicted octanol–water partition coefficient (Wildman–Crippen LogP) is 6.92. The Labute approximate surface area is 191 Å². The van der Waals surface area contributed by atoms with Gasteiger partial charge in [0.05, 0.1) is 12.7 Å². The third-order valence-corrected chi connectivity index (χ3v) is 11.1. The Balaban J connectivity index is 1.53. The molecule has 0 spiro atoms. The minimum absolute atomic E-state index is 0.0638. The van der Waals surface area contributed by atoms with Crippen LogP contribution in [-0.2, 0) is 0 Å². The van der Waals surface area contributed by atoms with Crippen LogP contribution in [0.5, 0.6) is 0 Å². The van der Waals surface area contributed by atoms with Crippen LogP contribution in [0.4, 0.5) is 0 Å². The molecule has 2 nitrogen and oxygen atoms in total. The number of aliphatic hydroxyl groups excluding tert-OH is 2. The fourth-order valence-corrected chi connectivity index (χ4v) is 9.22. The van der Waals surface area contributed by atoms with Gasteiger partial charge in [-0.05, 0) is 105 Å². The average Bonchev–Trinajstić information content (AvgIpc) is 3.08. The number of rotatable bonds is 5. The first kappa shape index (κ1) is 23.6. The SMILES string of the molecule is CC(=CCC[C@@H](C)[C@H]1CC[C@H]2[C@@H]3CC=C4C(C)(C)[C@@H](O)CC[C@]4(C)[C@H]3CC[C@]12C)CO. The highest BCUT2D eigenvalue weighted by Gasteiger charge is 2.61. The molecule has 0 bridgehead atoms. The third-order valence-electron chi connectivity index (χ3n) is 11.1. The van der Waals surface area contributed by atoms with Gasteiger partial charge >= 0.3 is 0 Å². The number of aliphatic hydroxyl groups is 2. The molecule has 0 aromatic heterocycles. The topological polar surface area (TPSA) is 40.5 Å². The van der Waals surface area contributed by atoms with Crippen molar-refractivity contribution in [2.24, 2.45) is 45.8 Å². The predicted molar refractivity (Wildman–Crippen MR) is 130 cm³/mol. The summed E-state index contributed by atoms with van der Waals surface area (Å²) in [5.41, 5.74) is 3.43. The second-order valence-electron chi connectivity index (χ2n) is 12.9. The highest BCUT2D eigenvalue weighted by atomic mass is 16.3. The van der Waals surface area contributed by atoms with Crippen LogP contribution in [0.2, 0.25) is 0 Å². The summed E-state index contributed by atoms with van der Waals surface area (Å²) in [4.78, 5) is 0. The molecule has 0 heterocycles. The van der Waals surface area contributed by atoms with Crippen LogP contribution in [0, 0.1) is 45.8 Å². The quantitative estimate of drug-likeness (QED) is 0.467. The smallest absolute Gasteiger partial charge is 0.0639 e. The van der Waals surface area contributed by atoms with Crippen molar-refractivity contribution in [3.63, 3.8) is 0 Å². The summed E-state index contributed by atoms with van der Waals surface area (Å²) in [7, 11) is 0. The van der Waals surface area contributed by atoms with Gasteiger partial charge in [0, 0.05) is 5.41 Å². The van der Waals surface area contributed by atoms with Crippen LogP contribution < -0.4 is 0 Å². The standard InChI is InChI=1S/C29H48O2/c1-19(18-30)8-7-9-20(2)22-11-12-23-21-10-13-25-27(3,4)26(31)15-17-29(25,6)24(21)14-16-28(22,23)5/h8,13,20-24,26,30-31H,7,9-12,14-18H2,1-6H3/t20-,21+,22-,23+,24+,26+,28-,29-/m1/s1. The van der Waals surface area contributed by atoms with Crippen LogP contribution in [0.1, 0.15) is 99.3 Å². The van der Waals surface area contributed by atoms with Crippen molar-refractivity contribution in [3.8, 4) is 0 Å². The van der Waals surface area contributed by atoms with E-state index in [-0.39, 0.29) is 18.1 Å². The molecule has 4 aliphatic carbocycles. The van der Waals surface area contributed by atoms with Gasteiger partial charge in [-0.2, -0.15) is 0 Å². The highest BCUT2D eigenvalue weighted by Crippen LogP contribution is 2.68. The normalized spacial score (nSPS) is 45.4. The van der Waals surface area contributed by atoms with Gasteiger partial charge in [-0.25, -0.2) is 0 Å². The molecular formula is C29H48O2. The Bertz CT molecular complexity index is 733. The lowest BCUT2D eigenvalue weighted by molar-refractivity contribution is -0.0781. The maximum absolute atomic E-state index is 10.7. The zero-order chi connectivity index (χ0) is 22.6. The lowest BCUT2D eigenvalue weighted by Crippen LogP contribution is -2.54. The summed E-state index contributed by atoms with van der Waals surface area (Å²) in [6.45, 7) is 14.5. The molecule has 0 aromatic carbocycles. The van der Waals surface area contributed by atoms with Crippen LogP contribution in [0.25, 0.3) is 0 Å². The summed E-state index contributed by atoms with van der Waals surface area (Å²) in [5.74, 6) is 4.14. The Morgan fingerprint density at radius 2 is 1.84 bits per heavy atom. The van der Waals surface area contributed by atoms with Crippen molar-refractivity contribution in [1.29, 1.82) is 0 Å². The highest BCUT2D eigenvalue weighted by molar-refractivity contribution is 5.31. The molecule has 0 aliphatic heterocycles. The molecule has 0 radical (unpaired) electrons. The van der Waals surface area contributed by atoms with Crippen molar-refractivity contribution in [3.05, 3.63) is 23.3 Å². The Kier molecular flexibility index (Phi) is 6.32. The molecule has 8 atom stereocenters. The van der Waals surface area contributed by atoms with Gasteiger partial charge in [-0.1, -0.05) is 57.9 Å². The lowest BCUT2D eigenvalue weighted by atomic mass is 9.44. The zero-order valence-electron chi connectivity index (χ0n) is 21.1. The van der Waals surface area contributed by atoms with Crippen LogP contribution >= 0.6 is 0 Å². The van der Waals surface area contributed by atoms with Crippen molar-refractivity contribution < 1.29 is 10.2 Å². The summed E-state index contributed by atoms with van der Waals surface area (Å²) in [6.07, 6.45) is 16.0. The van der Waals surface area contributed by atoms with Crippen molar-refractivity contribution >= 4 is 0 Å². The van der Waals surface area contributed by atoms with Gasteiger partial charge in [-0.3, -0.25) is 0 Å². The van der Waals surface area contributed by atoms with E-state index in [1.54, 1.807) is 5.57 Å². The van der Waals surface area contributed by atoms with E-state index in [0.29, 0.717) is 10.8 Å². The molecule has 31 heavy (non-hydrogen) atoms. The first-order valence-electron chi connectivity index (χ1n) is 13.2. The first-order chi connectivity index (χ1) is 14.6. The number of allylic oxidation sites excluding steroid dienone is 2. The Hall–Kier alpha value is -0.600. The Morgan fingerprint density at radius 1 is 1.10 bits per heavy atom. The minimum Gasteiger partial charge on any atom is -0.392 e. The second kappa shape index (κ2) is 8.32. The molecular weight excluding hydrogens is 380 g/mol. The van der Waals surface area contributed by atoms with Crippen molar-refractivity contribution in [2.75, 3.05) is 6.61 Å². The van der Waals surface area contributed by atoms with E-state index in [4.69, 9.17) is 0 Å². The second-order valence-corrected chi connectivity index (χ2v) is 12.9. The maximum Gasteiger partial charge on any atom is 0.0639 e. The molecule has 176 valence electrons. The van der Waals surface area contributed by atoms with Gasteiger partial charge in [-0.15, -0.1) is 0 Å². The third kappa shape index (κ3) is 3.68. The molecule has 0 saturated heterocycles. The molecule has 2 heteroatoms. The van der Waals surface area contributed by atoms with E-state index < -0.39 is 0 Å². The van der Waals surface area contributed by atoms with Crippen molar-refractivity contribution in [2.45, 2.75) is 105 Å². The van der Waals surface area contributed by atoms with Crippen LogP contribution in [-0.4, -0.2) is 22.9 Å². The molecule has 4 aliphatic rings. The molecule has 0 unspecified atom stereocenters. The van der Waals surface area contributed by atoms with Crippen LogP contribution in [0.15, 0.2) is 23.3 Å². The van der Waals surface area contributed by atoms with Gasteiger partial charge in [0.2, 0.25) is 0 Å². The largest absolute Gasteiger partial charge is 0.392 e. The van der Waals surface area contributed by atoms with Gasteiger partial charge < -0.3 is 10.2 Å². The van der Waals surface area contributed by atoms with Gasteiger partial charge in [0.1, 0.15) is 0 Å². The summed E-state index contributed by atoms with van der Waals surface area (Å²) < 4.78 is 0. The average molecular weight is 429 g/mol. The summed E-state index contributed by atoms with van der Waals surface area (Å²) in [6, 6.07) is 0. The minimum atomic E-state index is -0.183. The van der Waals surface area contributed by atoms with E-state index in [1.165, 1.54) is 44.9 Å². The molecule has 0 amide bonds. The molecule has 2 N–H and O–H groups in total. The summed E-state index contributed by atoms with van der Waals surface area (Å²) in [5, 5.41) is 20.0. The van der Waals surface area contributed by atoms with Crippen LogP contribution in [0.3, 0.4) is 0 Å². The number of hydrogen-bond donors (Lipinski definition) is 2. The fourth-order valence-electron chi connectivity index (χ4n) is 9.22. The fraction of sp³-hybridized carbons (Fsp3) is 0.862.